The van der Waals surface area contributed by atoms with Crippen molar-refractivity contribution >= 4 is 29.9 Å². The molecule has 2 aliphatic carbocycles. The van der Waals surface area contributed by atoms with Crippen LogP contribution in [-0.4, -0.2) is 82.6 Å². The number of nitrogens with two attached hydrogens (primary N) is 1. The highest BCUT2D eigenvalue weighted by Crippen LogP contribution is 2.45. The van der Waals surface area contributed by atoms with Crippen molar-refractivity contribution in [3.63, 3.8) is 0 Å². The summed E-state index contributed by atoms with van der Waals surface area (Å²) in [4.78, 5) is 69.8. The number of primary amides is 1. The van der Waals surface area contributed by atoms with Crippen LogP contribution in [0.25, 0.3) is 0 Å². The van der Waals surface area contributed by atoms with Gasteiger partial charge in [0.05, 0.1) is 6.54 Å². The second-order valence-electron chi connectivity index (χ2n) is 13.4. The zero-order valence-electron chi connectivity index (χ0n) is 26.3. The Hall–Kier alpha value is -4.09. The SMILES string of the molecule is NC(=O)[C@@]12C[C@H]1/C=C\CCCCC[C@H](NC(=O)OC1CCCC1)C(=O)N1C[C@H](OC(=O)N3CCc4ccccc4C3)C[C@H]1C(=O)N2. The average Bonchev–Trinajstić information content (AvgIpc) is 3.32. The molecule has 2 saturated carbocycles. The van der Waals surface area contributed by atoms with Gasteiger partial charge in [0.2, 0.25) is 17.7 Å². The van der Waals surface area contributed by atoms with E-state index >= 15 is 0 Å². The molecule has 3 aliphatic heterocycles. The third kappa shape index (κ3) is 7.00. The van der Waals surface area contributed by atoms with Crippen molar-refractivity contribution in [2.45, 2.75) is 113 Å². The number of hydrogen-bond acceptors (Lipinski definition) is 7. The van der Waals surface area contributed by atoms with Crippen molar-refractivity contribution in [1.82, 2.24) is 20.4 Å². The van der Waals surface area contributed by atoms with Crippen molar-refractivity contribution in [3.8, 4) is 0 Å². The molecule has 248 valence electrons. The largest absolute Gasteiger partial charge is 0.446 e. The lowest BCUT2D eigenvalue weighted by Crippen LogP contribution is -2.57. The zero-order chi connectivity index (χ0) is 32.3. The van der Waals surface area contributed by atoms with Crippen LogP contribution in [0.5, 0.6) is 0 Å². The molecule has 5 aliphatic rings. The number of carbonyl (C=O) groups is 5. The number of ether oxygens (including phenoxy) is 2. The highest BCUT2D eigenvalue weighted by atomic mass is 16.6. The maximum absolute atomic E-state index is 14.2. The van der Waals surface area contributed by atoms with E-state index in [4.69, 9.17) is 15.2 Å². The monoisotopic (exact) mass is 635 g/mol. The van der Waals surface area contributed by atoms with Crippen molar-refractivity contribution < 1.29 is 33.4 Å². The van der Waals surface area contributed by atoms with E-state index in [9.17, 15) is 24.0 Å². The van der Waals surface area contributed by atoms with Crippen LogP contribution in [0.2, 0.25) is 0 Å². The van der Waals surface area contributed by atoms with E-state index in [1.807, 2.05) is 30.4 Å². The highest BCUT2D eigenvalue weighted by molar-refractivity contribution is 5.97. The first-order chi connectivity index (χ1) is 22.2. The molecule has 12 heteroatoms. The summed E-state index contributed by atoms with van der Waals surface area (Å²) in [6, 6.07) is 6.02. The van der Waals surface area contributed by atoms with E-state index in [1.165, 1.54) is 10.5 Å². The Morgan fingerprint density at radius 2 is 1.72 bits per heavy atom. The second-order valence-corrected chi connectivity index (χ2v) is 13.4. The van der Waals surface area contributed by atoms with E-state index in [2.05, 4.69) is 16.7 Å². The van der Waals surface area contributed by atoms with Crippen molar-refractivity contribution in [2.24, 2.45) is 11.7 Å². The molecule has 0 bridgehead atoms. The normalized spacial score (nSPS) is 30.9. The van der Waals surface area contributed by atoms with Crippen LogP contribution in [0.4, 0.5) is 9.59 Å². The number of alkyl carbamates (subject to hydrolysis) is 1. The lowest BCUT2D eigenvalue weighted by atomic mass is 10.0. The summed E-state index contributed by atoms with van der Waals surface area (Å²) in [6.45, 7) is 0.898. The number of carbonyl (C=O) groups excluding carboxylic acids is 5. The minimum atomic E-state index is -1.22. The topological polar surface area (TPSA) is 160 Å². The highest BCUT2D eigenvalue weighted by Gasteiger charge is 2.60. The molecule has 46 heavy (non-hydrogen) atoms. The molecule has 5 atom stereocenters. The van der Waals surface area contributed by atoms with Gasteiger partial charge in [-0.25, -0.2) is 9.59 Å². The molecule has 1 aromatic rings. The molecule has 6 rings (SSSR count). The number of amides is 5. The number of nitrogens with zero attached hydrogens (tertiary/aromatic N) is 2. The van der Waals surface area contributed by atoms with Gasteiger partial charge in [0.25, 0.3) is 0 Å². The molecular formula is C34H45N5O7. The van der Waals surface area contributed by atoms with E-state index in [-0.39, 0.29) is 25.0 Å². The Morgan fingerprint density at radius 3 is 2.50 bits per heavy atom. The van der Waals surface area contributed by atoms with Crippen molar-refractivity contribution in [2.75, 3.05) is 13.1 Å². The molecule has 1 saturated heterocycles. The molecule has 5 amide bonds. The van der Waals surface area contributed by atoms with Gasteiger partial charge in [-0.3, -0.25) is 14.4 Å². The fourth-order valence-electron chi connectivity index (χ4n) is 7.39. The van der Waals surface area contributed by atoms with E-state index in [0.717, 1.165) is 50.5 Å². The molecule has 12 nitrogen and oxygen atoms in total. The summed E-state index contributed by atoms with van der Waals surface area (Å²) in [7, 11) is 0. The summed E-state index contributed by atoms with van der Waals surface area (Å²) in [6.07, 6.45) is 10.2. The summed E-state index contributed by atoms with van der Waals surface area (Å²) in [5.74, 6) is -1.82. The van der Waals surface area contributed by atoms with Gasteiger partial charge in [0, 0.05) is 25.4 Å². The Kier molecular flexibility index (Phi) is 9.51. The third-order valence-electron chi connectivity index (χ3n) is 10.2. The zero-order valence-corrected chi connectivity index (χ0v) is 26.3. The van der Waals surface area contributed by atoms with E-state index in [0.29, 0.717) is 38.8 Å². The van der Waals surface area contributed by atoms with Gasteiger partial charge in [-0.1, -0.05) is 49.3 Å². The van der Waals surface area contributed by atoms with Crippen LogP contribution >= 0.6 is 0 Å². The van der Waals surface area contributed by atoms with E-state index in [1.54, 1.807) is 4.90 Å². The molecule has 1 aromatic carbocycles. The molecule has 3 fully saturated rings. The van der Waals surface area contributed by atoms with Gasteiger partial charge in [-0.15, -0.1) is 0 Å². The molecule has 0 radical (unpaired) electrons. The van der Waals surface area contributed by atoms with Crippen LogP contribution in [0, 0.1) is 5.92 Å². The van der Waals surface area contributed by atoms with Gasteiger partial charge >= 0.3 is 12.2 Å². The van der Waals surface area contributed by atoms with Gasteiger partial charge < -0.3 is 35.6 Å². The molecule has 0 aromatic heterocycles. The summed E-state index contributed by atoms with van der Waals surface area (Å²) >= 11 is 0. The smallest absolute Gasteiger partial charge is 0.410 e. The first-order valence-electron chi connectivity index (χ1n) is 16.8. The summed E-state index contributed by atoms with van der Waals surface area (Å²) in [5, 5.41) is 5.65. The van der Waals surface area contributed by atoms with Gasteiger partial charge in [0.1, 0.15) is 29.8 Å². The summed E-state index contributed by atoms with van der Waals surface area (Å²) < 4.78 is 11.5. The van der Waals surface area contributed by atoms with Gasteiger partial charge in [0.15, 0.2) is 0 Å². The first-order valence-corrected chi connectivity index (χ1v) is 16.8. The van der Waals surface area contributed by atoms with Crippen LogP contribution in [0.3, 0.4) is 0 Å². The number of benzene rings is 1. The molecule has 0 unspecified atom stereocenters. The number of rotatable bonds is 4. The lowest BCUT2D eigenvalue weighted by Gasteiger charge is -2.30. The predicted octanol–water partition coefficient (Wildman–Crippen LogP) is 3.07. The average molecular weight is 636 g/mol. The maximum atomic E-state index is 14.2. The Balaban J connectivity index is 1.20. The maximum Gasteiger partial charge on any atom is 0.410 e. The Bertz CT molecular complexity index is 1380. The molecular weight excluding hydrogens is 590 g/mol. The summed E-state index contributed by atoms with van der Waals surface area (Å²) in [5.41, 5.74) is 6.81. The molecule has 3 heterocycles. The minimum absolute atomic E-state index is 0.0180. The quantitative estimate of drug-likeness (QED) is 0.429. The van der Waals surface area contributed by atoms with Crippen molar-refractivity contribution in [1.29, 1.82) is 0 Å². The number of fused-ring (bicyclic) bond motifs is 3. The Labute approximate surface area is 269 Å². The van der Waals surface area contributed by atoms with Crippen molar-refractivity contribution in [3.05, 3.63) is 47.5 Å². The second kappa shape index (κ2) is 13.7. The fraction of sp³-hybridized carbons (Fsp3) is 0.618. The first kappa shape index (κ1) is 31.9. The standard InChI is InChI=1S/C34H45N5O7/c35-31(42)34-19-24(34)12-4-2-1-3-5-15-27(36-32(43)45-25-13-8-9-14-25)30(41)39-21-26(18-28(39)29(40)37-34)46-33(44)38-17-16-22-10-6-7-11-23(22)20-38/h4,6-7,10-12,24-28H,1-3,5,8-9,13-21H2,(H2,35,42)(H,36,43)(H,37,40)/b12-4-/t24-,26-,27+,28+,34-/m1/s1. The van der Waals surface area contributed by atoms with Crippen LogP contribution in [-0.2, 0) is 36.8 Å². The predicted molar refractivity (Wildman–Crippen MR) is 167 cm³/mol. The van der Waals surface area contributed by atoms with Crippen LogP contribution < -0.4 is 16.4 Å². The van der Waals surface area contributed by atoms with Crippen LogP contribution in [0.1, 0.15) is 81.8 Å². The third-order valence-corrected chi connectivity index (χ3v) is 10.2. The number of nitrogens with one attached hydrogen (secondary N) is 2. The van der Waals surface area contributed by atoms with Gasteiger partial charge in [-0.05, 0) is 68.9 Å². The van der Waals surface area contributed by atoms with E-state index < -0.39 is 53.6 Å². The minimum Gasteiger partial charge on any atom is -0.446 e. The number of hydrogen-bond donors (Lipinski definition) is 3. The fourth-order valence-corrected chi connectivity index (χ4v) is 7.39. The molecule has 0 spiro atoms. The lowest BCUT2D eigenvalue weighted by molar-refractivity contribution is -0.141. The Morgan fingerprint density at radius 1 is 0.957 bits per heavy atom. The number of allylic oxidation sites excluding steroid dienone is 1. The molecule has 4 N–H and O–H groups in total. The van der Waals surface area contributed by atoms with Crippen LogP contribution in [0.15, 0.2) is 36.4 Å². The van der Waals surface area contributed by atoms with Gasteiger partial charge in [-0.2, -0.15) is 0 Å².